The lowest BCUT2D eigenvalue weighted by atomic mass is 10.5. The summed E-state index contributed by atoms with van der Waals surface area (Å²) in [5, 5.41) is 4.34. The van der Waals surface area contributed by atoms with Crippen LogP contribution in [0.5, 0.6) is 5.75 Å². The van der Waals surface area contributed by atoms with E-state index in [1.807, 2.05) is 0 Å². The van der Waals surface area contributed by atoms with E-state index < -0.39 is 0 Å². The highest BCUT2D eigenvalue weighted by molar-refractivity contribution is 7.71. The summed E-state index contributed by atoms with van der Waals surface area (Å²) in [6.07, 6.45) is 1.53. The molecule has 0 amide bonds. The van der Waals surface area contributed by atoms with Gasteiger partial charge in [-0.2, -0.15) is 5.10 Å². The van der Waals surface area contributed by atoms with Crippen molar-refractivity contribution in [1.29, 1.82) is 0 Å². The Balaban J connectivity index is 3.37. The van der Waals surface area contributed by atoms with Gasteiger partial charge in [0.25, 0.3) is 0 Å². The largest absolute Gasteiger partial charge is 0.493 e. The molecule has 1 aromatic rings. The Morgan fingerprint density at radius 3 is 2.91 bits per heavy atom. The maximum absolute atomic E-state index is 5.81. The highest BCUT2D eigenvalue weighted by atomic mass is 35.5. The molecule has 1 rings (SSSR count). The zero-order valence-electron chi connectivity index (χ0n) is 6.17. The van der Waals surface area contributed by atoms with E-state index in [1.165, 1.54) is 18.0 Å². The van der Waals surface area contributed by atoms with Crippen LogP contribution in [0.2, 0.25) is 5.02 Å². The van der Waals surface area contributed by atoms with E-state index in [9.17, 15) is 0 Å². The van der Waals surface area contributed by atoms with Crippen molar-refractivity contribution in [2.24, 2.45) is 7.05 Å². The lowest BCUT2D eigenvalue weighted by Crippen LogP contribution is -1.99. The molecule has 0 aromatic carbocycles. The molecule has 0 saturated carbocycles. The van der Waals surface area contributed by atoms with Gasteiger partial charge < -0.3 is 4.74 Å². The van der Waals surface area contributed by atoms with Crippen molar-refractivity contribution in [1.82, 2.24) is 9.78 Å². The van der Waals surface area contributed by atoms with Gasteiger partial charge in [-0.05, 0) is 0 Å². The van der Waals surface area contributed by atoms with Crippen molar-refractivity contribution in [3.05, 3.63) is 15.9 Å². The van der Waals surface area contributed by atoms with Crippen LogP contribution in [-0.4, -0.2) is 16.9 Å². The van der Waals surface area contributed by atoms with E-state index in [0.717, 1.165) is 0 Å². The molecule has 0 atom stereocenters. The van der Waals surface area contributed by atoms with Crippen molar-refractivity contribution in [2.45, 2.75) is 0 Å². The molecule has 0 aliphatic carbocycles. The van der Waals surface area contributed by atoms with Crippen LogP contribution in [0.3, 0.4) is 0 Å². The van der Waals surface area contributed by atoms with Crippen LogP contribution in [0.1, 0.15) is 0 Å². The van der Waals surface area contributed by atoms with Crippen LogP contribution in [0.25, 0.3) is 0 Å². The summed E-state index contributed by atoms with van der Waals surface area (Å²) in [5.74, 6) is 0.509. The molecular weight excluding hydrogens is 184 g/mol. The van der Waals surface area contributed by atoms with Crippen molar-refractivity contribution in [2.75, 3.05) is 7.11 Å². The van der Waals surface area contributed by atoms with E-state index in [2.05, 4.69) is 5.10 Å². The van der Waals surface area contributed by atoms with Gasteiger partial charge in [0.2, 0.25) is 0 Å². The zero-order valence-corrected chi connectivity index (χ0v) is 7.74. The number of halogens is 1. The van der Waals surface area contributed by atoms with Gasteiger partial charge in [0.15, 0.2) is 5.75 Å². The SMILES string of the molecule is COc1cnn(C)c(=S)c1Cl. The number of ether oxygens (including phenoxy) is 1. The molecule has 0 aliphatic heterocycles. The molecule has 0 radical (unpaired) electrons. The van der Waals surface area contributed by atoms with Crippen LogP contribution in [0.4, 0.5) is 0 Å². The van der Waals surface area contributed by atoms with Crippen molar-refractivity contribution in [3.8, 4) is 5.75 Å². The summed E-state index contributed by atoms with van der Waals surface area (Å²) >= 11 is 10.7. The molecule has 3 nitrogen and oxygen atoms in total. The summed E-state index contributed by atoms with van der Waals surface area (Å²) in [4.78, 5) is 0. The van der Waals surface area contributed by atoms with E-state index in [-0.39, 0.29) is 0 Å². The highest BCUT2D eigenvalue weighted by Crippen LogP contribution is 2.22. The van der Waals surface area contributed by atoms with Gasteiger partial charge in [0, 0.05) is 7.05 Å². The third kappa shape index (κ3) is 1.52. The van der Waals surface area contributed by atoms with Crippen LogP contribution < -0.4 is 4.74 Å². The molecule has 11 heavy (non-hydrogen) atoms. The van der Waals surface area contributed by atoms with Crippen molar-refractivity contribution < 1.29 is 4.74 Å². The smallest absolute Gasteiger partial charge is 0.160 e. The standard InChI is InChI=1S/C6H7ClN2OS/c1-9-6(11)5(7)4(10-2)3-8-9/h3H,1-2H3. The number of rotatable bonds is 1. The van der Waals surface area contributed by atoms with Crippen LogP contribution in [0, 0.1) is 4.64 Å². The average molecular weight is 191 g/mol. The molecule has 60 valence electrons. The lowest BCUT2D eigenvalue weighted by molar-refractivity contribution is 0.409. The van der Waals surface area contributed by atoms with Gasteiger partial charge in [-0.25, -0.2) is 0 Å². The molecule has 5 heteroatoms. The van der Waals surface area contributed by atoms with Gasteiger partial charge in [-0.3, -0.25) is 4.68 Å². The second kappa shape index (κ2) is 3.19. The molecule has 0 unspecified atom stereocenters. The topological polar surface area (TPSA) is 27.1 Å². The monoisotopic (exact) mass is 190 g/mol. The van der Waals surface area contributed by atoms with Gasteiger partial charge >= 0.3 is 0 Å². The molecule has 0 fully saturated rings. The number of hydrogen-bond donors (Lipinski definition) is 0. The summed E-state index contributed by atoms with van der Waals surface area (Å²) in [6.45, 7) is 0. The molecule has 0 aliphatic rings. The Kier molecular flexibility index (Phi) is 2.46. The number of hydrogen-bond acceptors (Lipinski definition) is 3. The van der Waals surface area contributed by atoms with Gasteiger partial charge in [0.1, 0.15) is 9.66 Å². The van der Waals surface area contributed by atoms with Crippen LogP contribution in [0.15, 0.2) is 6.20 Å². The number of aryl methyl sites for hydroxylation is 1. The van der Waals surface area contributed by atoms with Crippen molar-refractivity contribution in [3.63, 3.8) is 0 Å². The molecular formula is C6H7ClN2OS. The fraction of sp³-hybridized carbons (Fsp3) is 0.333. The number of methoxy groups -OCH3 is 1. The fourth-order valence-corrected chi connectivity index (χ4v) is 1.03. The quantitative estimate of drug-likeness (QED) is 0.632. The maximum Gasteiger partial charge on any atom is 0.160 e. The van der Waals surface area contributed by atoms with Crippen LogP contribution >= 0.6 is 23.8 Å². The second-order valence-corrected chi connectivity index (χ2v) is 2.72. The normalized spacial score (nSPS) is 9.73. The van der Waals surface area contributed by atoms with E-state index in [0.29, 0.717) is 15.4 Å². The first-order chi connectivity index (χ1) is 5.16. The Morgan fingerprint density at radius 1 is 1.73 bits per heavy atom. The summed E-state index contributed by atoms with van der Waals surface area (Å²) in [6, 6.07) is 0. The van der Waals surface area contributed by atoms with Gasteiger partial charge in [0.05, 0.1) is 13.3 Å². The Morgan fingerprint density at radius 2 is 2.36 bits per heavy atom. The third-order valence-electron chi connectivity index (χ3n) is 1.27. The molecule has 0 saturated heterocycles. The summed E-state index contributed by atoms with van der Waals surface area (Å²) in [7, 11) is 3.26. The van der Waals surface area contributed by atoms with E-state index in [1.54, 1.807) is 7.05 Å². The predicted octanol–water partition coefficient (Wildman–Crippen LogP) is 1.81. The molecule has 1 aromatic heterocycles. The molecule has 0 N–H and O–H groups in total. The third-order valence-corrected chi connectivity index (χ3v) is 2.21. The Labute approximate surface area is 74.6 Å². The maximum atomic E-state index is 5.81. The lowest BCUT2D eigenvalue weighted by Gasteiger charge is -2.03. The Bertz CT molecular complexity index is 323. The van der Waals surface area contributed by atoms with Gasteiger partial charge in [-0.1, -0.05) is 23.8 Å². The summed E-state index contributed by atoms with van der Waals surface area (Å²) in [5.41, 5.74) is 0. The minimum atomic E-state index is 0.431. The molecule has 1 heterocycles. The second-order valence-electron chi connectivity index (χ2n) is 1.96. The molecule has 0 spiro atoms. The summed E-state index contributed by atoms with van der Waals surface area (Å²) < 4.78 is 6.90. The first kappa shape index (κ1) is 8.49. The highest BCUT2D eigenvalue weighted by Gasteiger charge is 2.02. The first-order valence-electron chi connectivity index (χ1n) is 2.92. The fourth-order valence-electron chi connectivity index (χ4n) is 0.638. The number of nitrogens with zero attached hydrogens (tertiary/aromatic N) is 2. The number of aromatic nitrogens is 2. The van der Waals surface area contributed by atoms with E-state index in [4.69, 9.17) is 28.6 Å². The van der Waals surface area contributed by atoms with Crippen LogP contribution in [-0.2, 0) is 7.05 Å². The van der Waals surface area contributed by atoms with E-state index >= 15 is 0 Å². The molecule has 0 bridgehead atoms. The predicted molar refractivity (Wildman–Crippen MR) is 45.6 cm³/mol. The minimum Gasteiger partial charge on any atom is -0.493 e. The van der Waals surface area contributed by atoms with Crippen molar-refractivity contribution >= 4 is 23.8 Å². The Hall–Kier alpha value is -0.610. The first-order valence-corrected chi connectivity index (χ1v) is 3.71. The van der Waals surface area contributed by atoms with Gasteiger partial charge in [-0.15, -0.1) is 0 Å². The average Bonchev–Trinajstić information content (AvgIpc) is 2.01. The zero-order chi connectivity index (χ0) is 8.43. The minimum absolute atomic E-state index is 0.431.